The van der Waals surface area contributed by atoms with Gasteiger partial charge < -0.3 is 10.1 Å². The Labute approximate surface area is 185 Å². The number of amidine groups is 1. The molecule has 0 amide bonds. The van der Waals surface area contributed by atoms with Crippen LogP contribution in [0.25, 0.3) is 10.8 Å². The van der Waals surface area contributed by atoms with Crippen molar-refractivity contribution in [1.29, 1.82) is 0 Å². The van der Waals surface area contributed by atoms with Crippen LogP contribution in [0.5, 0.6) is 5.75 Å². The predicted octanol–water partition coefficient (Wildman–Crippen LogP) is 5.78. The maximum absolute atomic E-state index is 13.2. The van der Waals surface area contributed by atoms with Crippen molar-refractivity contribution in [2.75, 3.05) is 7.11 Å². The molecule has 0 aromatic heterocycles. The number of benzene rings is 3. The number of nitrogens with one attached hydrogen (secondary N) is 1. The van der Waals surface area contributed by atoms with E-state index in [9.17, 15) is 9.18 Å². The van der Waals surface area contributed by atoms with Crippen LogP contribution in [0.3, 0.4) is 0 Å². The molecule has 1 atom stereocenters. The number of halogens is 1. The van der Waals surface area contributed by atoms with Crippen LogP contribution in [0, 0.1) is 5.82 Å². The number of nitrogens with zero attached hydrogens (tertiary/aromatic N) is 1. The van der Waals surface area contributed by atoms with E-state index >= 15 is 0 Å². The van der Waals surface area contributed by atoms with Gasteiger partial charge in [0, 0.05) is 22.6 Å². The van der Waals surface area contributed by atoms with Crippen molar-refractivity contribution in [2.24, 2.45) is 4.99 Å². The van der Waals surface area contributed by atoms with Gasteiger partial charge >= 0.3 is 0 Å². The molecular formula is C25H23FN2O2S. The van der Waals surface area contributed by atoms with E-state index in [2.05, 4.69) is 5.32 Å². The lowest BCUT2D eigenvalue weighted by Crippen LogP contribution is -2.29. The molecule has 4 nitrogen and oxygen atoms in total. The van der Waals surface area contributed by atoms with E-state index in [4.69, 9.17) is 9.73 Å². The number of methoxy groups -OCH3 is 1. The number of aliphatic imine (C=N–C) groups is 1. The SMILES string of the molecule is COc1ccc2ccccc2c1[C@@H]1N=C(SCc2ccc(F)cc2)NC(C)=C1C(C)=O. The summed E-state index contributed by atoms with van der Waals surface area (Å²) in [4.78, 5) is 17.5. The van der Waals surface area contributed by atoms with Crippen LogP contribution >= 0.6 is 11.8 Å². The molecule has 158 valence electrons. The Hall–Kier alpha value is -3.12. The third kappa shape index (κ3) is 4.35. The summed E-state index contributed by atoms with van der Waals surface area (Å²) in [5, 5.41) is 6.06. The molecule has 1 heterocycles. The number of carbonyl (C=O) groups excluding carboxylic acids is 1. The highest BCUT2D eigenvalue weighted by Crippen LogP contribution is 2.41. The Kier molecular flexibility index (Phi) is 6.09. The Bertz CT molecular complexity index is 1200. The van der Waals surface area contributed by atoms with Gasteiger partial charge in [-0.2, -0.15) is 0 Å². The molecular weight excluding hydrogens is 411 g/mol. The van der Waals surface area contributed by atoms with Crippen molar-refractivity contribution in [1.82, 2.24) is 5.32 Å². The number of ketones is 1. The lowest BCUT2D eigenvalue weighted by molar-refractivity contribution is -0.113. The summed E-state index contributed by atoms with van der Waals surface area (Å²) >= 11 is 1.52. The summed E-state index contributed by atoms with van der Waals surface area (Å²) in [6, 6.07) is 17.9. The van der Waals surface area contributed by atoms with Gasteiger partial charge in [-0.25, -0.2) is 9.38 Å². The van der Waals surface area contributed by atoms with Gasteiger partial charge in [0.25, 0.3) is 0 Å². The van der Waals surface area contributed by atoms with Gasteiger partial charge in [-0.3, -0.25) is 4.79 Å². The molecule has 0 aliphatic carbocycles. The zero-order valence-electron chi connectivity index (χ0n) is 17.6. The highest BCUT2D eigenvalue weighted by Gasteiger charge is 2.30. The van der Waals surface area contributed by atoms with Crippen molar-refractivity contribution in [3.63, 3.8) is 0 Å². The third-order valence-electron chi connectivity index (χ3n) is 5.31. The number of carbonyl (C=O) groups is 1. The van der Waals surface area contributed by atoms with Crippen LogP contribution in [-0.2, 0) is 10.5 Å². The number of hydrogen-bond donors (Lipinski definition) is 1. The maximum Gasteiger partial charge on any atom is 0.162 e. The van der Waals surface area contributed by atoms with Crippen LogP contribution in [0.2, 0.25) is 0 Å². The first-order valence-electron chi connectivity index (χ1n) is 9.97. The number of ether oxygens (including phenoxy) is 1. The summed E-state index contributed by atoms with van der Waals surface area (Å²) in [6.45, 7) is 3.46. The maximum atomic E-state index is 13.2. The van der Waals surface area contributed by atoms with E-state index in [0.29, 0.717) is 22.2 Å². The first-order valence-corrected chi connectivity index (χ1v) is 11.0. The first kappa shape index (κ1) is 21.1. The minimum atomic E-state index is -0.476. The van der Waals surface area contributed by atoms with Crippen LogP contribution in [0.15, 0.2) is 76.9 Å². The van der Waals surface area contributed by atoms with E-state index in [-0.39, 0.29) is 11.6 Å². The van der Waals surface area contributed by atoms with Crippen LogP contribution in [0.4, 0.5) is 4.39 Å². The standard InChI is InChI=1S/C25H23FN2O2S/c1-15-22(16(2)29)24(23-20-7-5-4-6-18(20)10-13-21(23)30-3)28-25(27-15)31-14-17-8-11-19(26)12-9-17/h4-13,24H,14H2,1-3H3,(H,27,28)/t24-/m1/s1. The summed E-state index contributed by atoms with van der Waals surface area (Å²) < 4.78 is 18.9. The number of hydrogen-bond acceptors (Lipinski definition) is 5. The quantitative estimate of drug-likeness (QED) is 0.553. The van der Waals surface area contributed by atoms with Gasteiger partial charge in [0.15, 0.2) is 11.0 Å². The fourth-order valence-electron chi connectivity index (χ4n) is 3.85. The monoisotopic (exact) mass is 434 g/mol. The molecule has 0 bridgehead atoms. The molecule has 0 unspecified atom stereocenters. The molecule has 1 N–H and O–H groups in total. The molecule has 0 saturated carbocycles. The number of fused-ring (bicyclic) bond motifs is 1. The summed E-state index contributed by atoms with van der Waals surface area (Å²) in [6.07, 6.45) is 0. The predicted molar refractivity (Wildman–Crippen MR) is 125 cm³/mol. The van der Waals surface area contributed by atoms with Crippen molar-refractivity contribution >= 4 is 33.5 Å². The lowest BCUT2D eigenvalue weighted by atomic mass is 9.89. The third-order valence-corrected chi connectivity index (χ3v) is 6.27. The summed E-state index contributed by atoms with van der Waals surface area (Å²) in [5.41, 5.74) is 3.28. The molecule has 0 fully saturated rings. The molecule has 4 rings (SSSR count). The molecule has 0 saturated heterocycles. The molecule has 31 heavy (non-hydrogen) atoms. The Balaban J connectivity index is 1.77. The second-order valence-corrected chi connectivity index (χ2v) is 8.34. The van der Waals surface area contributed by atoms with Gasteiger partial charge in [-0.1, -0.05) is 54.2 Å². The highest BCUT2D eigenvalue weighted by atomic mass is 32.2. The highest BCUT2D eigenvalue weighted by molar-refractivity contribution is 8.13. The normalized spacial score (nSPS) is 16.1. The number of Topliss-reactive ketones (excluding diaryl/α,β-unsaturated/α-hetero) is 1. The lowest BCUT2D eigenvalue weighted by Gasteiger charge is -2.27. The fourth-order valence-corrected chi connectivity index (χ4v) is 4.75. The Morgan fingerprint density at radius 1 is 1.13 bits per heavy atom. The molecule has 6 heteroatoms. The molecule has 1 aliphatic rings. The van der Waals surface area contributed by atoms with Gasteiger partial charge in [0.2, 0.25) is 0 Å². The Morgan fingerprint density at radius 3 is 2.58 bits per heavy atom. The number of rotatable bonds is 5. The molecule has 3 aromatic rings. The average Bonchev–Trinajstić information content (AvgIpc) is 2.77. The van der Waals surface area contributed by atoms with Crippen LogP contribution < -0.4 is 10.1 Å². The molecule has 1 aliphatic heterocycles. The zero-order valence-corrected chi connectivity index (χ0v) is 18.4. The zero-order chi connectivity index (χ0) is 22.0. The first-order chi connectivity index (χ1) is 15.0. The van der Waals surface area contributed by atoms with Crippen molar-refractivity contribution < 1.29 is 13.9 Å². The molecule has 0 spiro atoms. The summed E-state index contributed by atoms with van der Waals surface area (Å²) in [7, 11) is 1.63. The van der Waals surface area contributed by atoms with Crippen LogP contribution in [0.1, 0.15) is 31.0 Å². The van der Waals surface area contributed by atoms with E-state index in [1.165, 1.54) is 23.9 Å². The average molecular weight is 435 g/mol. The van der Waals surface area contributed by atoms with Crippen LogP contribution in [-0.4, -0.2) is 18.1 Å². The second-order valence-electron chi connectivity index (χ2n) is 7.37. The Morgan fingerprint density at radius 2 is 1.87 bits per heavy atom. The second kappa shape index (κ2) is 8.94. The smallest absolute Gasteiger partial charge is 0.162 e. The topological polar surface area (TPSA) is 50.7 Å². The number of allylic oxidation sites excluding steroid dienone is 1. The van der Waals surface area contributed by atoms with E-state index in [1.54, 1.807) is 26.2 Å². The minimum Gasteiger partial charge on any atom is -0.496 e. The van der Waals surface area contributed by atoms with Gasteiger partial charge in [0.05, 0.1) is 7.11 Å². The van der Waals surface area contributed by atoms with Gasteiger partial charge in [-0.15, -0.1) is 0 Å². The largest absolute Gasteiger partial charge is 0.496 e. The van der Waals surface area contributed by atoms with Crippen molar-refractivity contribution in [2.45, 2.75) is 25.6 Å². The van der Waals surface area contributed by atoms with E-state index < -0.39 is 6.04 Å². The van der Waals surface area contributed by atoms with Gasteiger partial charge in [-0.05, 0) is 48.4 Å². The van der Waals surface area contributed by atoms with Crippen molar-refractivity contribution in [3.05, 3.63) is 88.9 Å². The van der Waals surface area contributed by atoms with Gasteiger partial charge in [0.1, 0.15) is 17.6 Å². The van der Waals surface area contributed by atoms with E-state index in [1.807, 2.05) is 43.3 Å². The fraction of sp³-hybridized carbons (Fsp3) is 0.200. The minimum absolute atomic E-state index is 0.0312. The molecule has 0 radical (unpaired) electrons. The number of thioether (sulfide) groups is 1. The van der Waals surface area contributed by atoms with E-state index in [0.717, 1.165) is 27.6 Å². The van der Waals surface area contributed by atoms with Crippen molar-refractivity contribution in [3.8, 4) is 5.75 Å². The molecule has 3 aromatic carbocycles. The summed E-state index contributed by atoms with van der Waals surface area (Å²) in [5.74, 6) is 1.05.